The molecule has 0 bridgehead atoms. The number of benzene rings is 1. The summed E-state index contributed by atoms with van der Waals surface area (Å²) in [6.45, 7) is 2.21. The van der Waals surface area contributed by atoms with Crippen LogP contribution in [0.1, 0.15) is 13.3 Å². The topological polar surface area (TPSA) is 87.7 Å². The first-order chi connectivity index (χ1) is 9.02. The number of hydrogen-bond donors (Lipinski definition) is 3. The average Bonchev–Trinajstić information content (AvgIpc) is 2.34. The van der Waals surface area contributed by atoms with E-state index in [2.05, 4.69) is 10.6 Å². The van der Waals surface area contributed by atoms with Crippen LogP contribution in [-0.4, -0.2) is 30.3 Å². The normalized spacial score (nSPS) is 9.79. The van der Waals surface area contributed by atoms with Gasteiger partial charge in [-0.05, 0) is 25.1 Å². The molecule has 0 atom stereocenters. The maximum Gasteiger partial charge on any atom is 0.319 e. The number of aromatic hydroxyl groups is 1. The summed E-state index contributed by atoms with van der Waals surface area (Å²) in [5.74, 6) is -0.426. The van der Waals surface area contributed by atoms with Crippen LogP contribution in [0.15, 0.2) is 18.2 Å². The van der Waals surface area contributed by atoms with Crippen molar-refractivity contribution in [1.29, 1.82) is 0 Å². The maximum atomic E-state index is 11.5. The van der Waals surface area contributed by atoms with Crippen molar-refractivity contribution in [2.45, 2.75) is 13.3 Å². The van der Waals surface area contributed by atoms with Crippen molar-refractivity contribution in [1.82, 2.24) is 5.32 Å². The molecule has 0 saturated carbocycles. The molecule has 0 fully saturated rings. The van der Waals surface area contributed by atoms with E-state index < -0.39 is 6.03 Å². The van der Waals surface area contributed by atoms with Crippen molar-refractivity contribution in [3.05, 3.63) is 23.2 Å². The number of carbonyl (C=O) groups is 2. The van der Waals surface area contributed by atoms with Gasteiger partial charge in [-0.25, -0.2) is 4.79 Å². The molecule has 3 N–H and O–H groups in total. The maximum absolute atomic E-state index is 11.5. The number of esters is 1. The summed E-state index contributed by atoms with van der Waals surface area (Å²) in [7, 11) is 0. The molecule has 0 aromatic heterocycles. The Morgan fingerprint density at radius 3 is 2.79 bits per heavy atom. The van der Waals surface area contributed by atoms with Gasteiger partial charge in [0.05, 0.1) is 18.1 Å². The van der Waals surface area contributed by atoms with Gasteiger partial charge in [-0.1, -0.05) is 11.6 Å². The molecule has 1 aromatic carbocycles. The van der Waals surface area contributed by atoms with Gasteiger partial charge in [0.2, 0.25) is 0 Å². The highest BCUT2D eigenvalue weighted by atomic mass is 35.5. The lowest BCUT2D eigenvalue weighted by atomic mass is 10.3. The first-order valence-electron chi connectivity index (χ1n) is 5.72. The van der Waals surface area contributed by atoms with Crippen LogP contribution in [-0.2, 0) is 9.53 Å². The molecule has 0 heterocycles. The van der Waals surface area contributed by atoms with Crippen LogP contribution in [0.4, 0.5) is 10.5 Å². The standard InChI is InChI=1S/C12H15ClN2O4/c1-2-19-11(17)5-6-14-12(18)15-8-3-4-10(16)9(13)7-8/h3-4,7,16H,2,5-6H2,1H3,(H2,14,15,18). The summed E-state index contributed by atoms with van der Waals surface area (Å²) in [6, 6.07) is 3.83. The van der Waals surface area contributed by atoms with E-state index in [0.29, 0.717) is 12.3 Å². The summed E-state index contributed by atoms with van der Waals surface area (Å²) in [5.41, 5.74) is 0.441. The van der Waals surface area contributed by atoms with Gasteiger partial charge in [-0.3, -0.25) is 4.79 Å². The van der Waals surface area contributed by atoms with E-state index in [1.807, 2.05) is 0 Å². The highest BCUT2D eigenvalue weighted by Crippen LogP contribution is 2.25. The molecule has 1 rings (SSSR count). The van der Waals surface area contributed by atoms with Gasteiger partial charge >= 0.3 is 12.0 Å². The zero-order valence-electron chi connectivity index (χ0n) is 10.4. The fourth-order valence-electron chi connectivity index (χ4n) is 1.27. The number of phenolic OH excluding ortho intramolecular Hbond substituents is 1. The fourth-order valence-corrected chi connectivity index (χ4v) is 1.45. The lowest BCUT2D eigenvalue weighted by molar-refractivity contribution is -0.142. The number of ether oxygens (including phenoxy) is 1. The monoisotopic (exact) mass is 286 g/mol. The van der Waals surface area contributed by atoms with E-state index in [0.717, 1.165) is 0 Å². The highest BCUT2D eigenvalue weighted by molar-refractivity contribution is 6.32. The van der Waals surface area contributed by atoms with Gasteiger partial charge in [0, 0.05) is 12.2 Å². The summed E-state index contributed by atoms with van der Waals surface area (Å²) in [5, 5.41) is 14.4. The largest absolute Gasteiger partial charge is 0.506 e. The Balaban J connectivity index is 2.35. The van der Waals surface area contributed by atoms with Crippen LogP contribution in [0.5, 0.6) is 5.75 Å². The number of carbonyl (C=O) groups excluding carboxylic acids is 2. The molecule has 7 heteroatoms. The Labute approximate surface area is 115 Å². The van der Waals surface area contributed by atoms with E-state index in [-0.39, 0.29) is 29.7 Å². The third-order valence-electron chi connectivity index (χ3n) is 2.13. The minimum atomic E-state index is -0.467. The fraction of sp³-hybridized carbons (Fsp3) is 0.333. The lowest BCUT2D eigenvalue weighted by Gasteiger charge is -2.08. The molecule has 104 valence electrons. The van der Waals surface area contributed by atoms with E-state index in [4.69, 9.17) is 16.3 Å². The summed E-state index contributed by atoms with van der Waals surface area (Å²) >= 11 is 5.70. The molecule has 0 aliphatic carbocycles. The predicted octanol–water partition coefficient (Wildman–Crippen LogP) is 2.12. The summed E-state index contributed by atoms with van der Waals surface area (Å²) in [6.07, 6.45) is 0.109. The van der Waals surface area contributed by atoms with Crippen molar-refractivity contribution in [2.75, 3.05) is 18.5 Å². The van der Waals surface area contributed by atoms with Crippen LogP contribution in [0.25, 0.3) is 0 Å². The minimum absolute atomic E-state index is 0.0602. The minimum Gasteiger partial charge on any atom is -0.506 e. The van der Waals surface area contributed by atoms with Crippen molar-refractivity contribution in [3.63, 3.8) is 0 Å². The molecule has 19 heavy (non-hydrogen) atoms. The van der Waals surface area contributed by atoms with Gasteiger partial charge in [0.1, 0.15) is 5.75 Å². The molecule has 6 nitrogen and oxygen atoms in total. The van der Waals surface area contributed by atoms with E-state index >= 15 is 0 Å². The van der Waals surface area contributed by atoms with Crippen molar-refractivity contribution in [2.24, 2.45) is 0 Å². The number of halogens is 1. The van der Waals surface area contributed by atoms with Gasteiger partial charge in [0.15, 0.2) is 0 Å². The Morgan fingerprint density at radius 1 is 1.42 bits per heavy atom. The number of hydrogen-bond acceptors (Lipinski definition) is 4. The summed E-state index contributed by atoms with van der Waals surface area (Å²) < 4.78 is 4.71. The molecule has 0 unspecified atom stereocenters. The Bertz CT molecular complexity index is 465. The molecule has 0 radical (unpaired) electrons. The number of phenols is 1. The van der Waals surface area contributed by atoms with Crippen molar-refractivity contribution in [3.8, 4) is 5.75 Å². The number of nitrogens with one attached hydrogen (secondary N) is 2. The molecule has 0 aliphatic heterocycles. The van der Waals surface area contributed by atoms with E-state index in [1.165, 1.54) is 18.2 Å². The molecule has 0 aliphatic rings. The Kier molecular flexibility index (Phi) is 5.95. The SMILES string of the molecule is CCOC(=O)CCNC(=O)Nc1ccc(O)c(Cl)c1. The smallest absolute Gasteiger partial charge is 0.319 e. The van der Waals surface area contributed by atoms with Crippen molar-refractivity contribution >= 4 is 29.3 Å². The van der Waals surface area contributed by atoms with E-state index in [9.17, 15) is 14.7 Å². The van der Waals surface area contributed by atoms with Crippen LogP contribution in [0, 0.1) is 0 Å². The summed E-state index contributed by atoms with van der Waals surface area (Å²) in [4.78, 5) is 22.5. The predicted molar refractivity (Wildman–Crippen MR) is 71.4 cm³/mol. The van der Waals surface area contributed by atoms with Crippen LogP contribution in [0.2, 0.25) is 5.02 Å². The highest BCUT2D eigenvalue weighted by Gasteiger charge is 2.06. The first kappa shape index (κ1) is 15.1. The molecule has 0 saturated heterocycles. The van der Waals surface area contributed by atoms with Gasteiger partial charge in [-0.2, -0.15) is 0 Å². The molecule has 2 amide bonds. The molecular formula is C12H15ClN2O4. The van der Waals surface area contributed by atoms with E-state index in [1.54, 1.807) is 6.92 Å². The first-order valence-corrected chi connectivity index (χ1v) is 6.09. The Morgan fingerprint density at radius 2 is 2.16 bits per heavy atom. The number of urea groups is 1. The number of rotatable bonds is 5. The molecular weight excluding hydrogens is 272 g/mol. The van der Waals surface area contributed by atoms with Gasteiger partial charge in [-0.15, -0.1) is 0 Å². The zero-order valence-corrected chi connectivity index (χ0v) is 11.2. The third-order valence-corrected chi connectivity index (χ3v) is 2.43. The second kappa shape index (κ2) is 7.48. The lowest BCUT2D eigenvalue weighted by Crippen LogP contribution is -2.30. The Hall–Kier alpha value is -1.95. The molecule has 1 aromatic rings. The quantitative estimate of drug-likeness (QED) is 0.571. The van der Waals surface area contributed by atoms with Crippen molar-refractivity contribution < 1.29 is 19.4 Å². The van der Waals surface area contributed by atoms with Gasteiger partial charge < -0.3 is 20.5 Å². The zero-order chi connectivity index (χ0) is 14.3. The van der Waals surface area contributed by atoms with Crippen LogP contribution in [0.3, 0.4) is 0 Å². The van der Waals surface area contributed by atoms with Gasteiger partial charge in [0.25, 0.3) is 0 Å². The van der Waals surface area contributed by atoms with Crippen LogP contribution >= 0.6 is 11.6 Å². The van der Waals surface area contributed by atoms with Crippen LogP contribution < -0.4 is 10.6 Å². The second-order valence-electron chi connectivity index (χ2n) is 3.60. The number of amides is 2. The third kappa shape index (κ3) is 5.48. The average molecular weight is 287 g/mol. The number of anilines is 1. The second-order valence-corrected chi connectivity index (χ2v) is 4.01. The molecule has 0 spiro atoms.